The summed E-state index contributed by atoms with van der Waals surface area (Å²) in [7, 11) is 0. The molecule has 1 aromatic carbocycles. The van der Waals surface area contributed by atoms with Crippen molar-refractivity contribution in [1.82, 2.24) is 20.6 Å². The number of anilines is 1. The Bertz CT molecular complexity index is 900. The van der Waals surface area contributed by atoms with E-state index in [1.165, 1.54) is 0 Å². The normalized spacial score (nSPS) is 10.5. The van der Waals surface area contributed by atoms with Crippen molar-refractivity contribution in [2.75, 3.05) is 11.9 Å². The fourth-order valence-electron chi connectivity index (χ4n) is 2.54. The lowest BCUT2D eigenvalue weighted by atomic mass is 10.1. The molecule has 0 saturated heterocycles. The van der Waals surface area contributed by atoms with E-state index < -0.39 is 0 Å². The molecule has 0 aliphatic carbocycles. The highest BCUT2D eigenvalue weighted by Crippen LogP contribution is 2.21. The standard InChI is InChI=1S/C19H22N6O/c1-2-9-23-19(20)24-12-13-3-5-14(6-4-13)18(26)25-16-8-11-22-17-15(16)7-10-21-17/h3-8,10-11H,2,9,12H2,1H3,(H3,20,23,24)(H2,21,22,25,26). The van der Waals surface area contributed by atoms with Crippen molar-refractivity contribution >= 4 is 28.6 Å². The first kappa shape index (κ1) is 17.5. The number of guanidine groups is 1. The first-order valence-corrected chi connectivity index (χ1v) is 8.56. The number of benzene rings is 1. The predicted octanol–water partition coefficient (Wildman–Crippen LogP) is 2.84. The minimum Gasteiger partial charge on any atom is -0.357 e. The summed E-state index contributed by atoms with van der Waals surface area (Å²) in [6, 6.07) is 11.0. The molecule has 2 heterocycles. The van der Waals surface area contributed by atoms with E-state index in [1.807, 2.05) is 18.2 Å². The van der Waals surface area contributed by atoms with Crippen LogP contribution in [0.25, 0.3) is 11.0 Å². The predicted molar refractivity (Wildman–Crippen MR) is 103 cm³/mol. The first-order chi connectivity index (χ1) is 12.7. The molecular formula is C19H22N6O. The van der Waals surface area contributed by atoms with Crippen LogP contribution in [-0.2, 0) is 6.54 Å². The van der Waals surface area contributed by atoms with Gasteiger partial charge in [0.05, 0.1) is 5.69 Å². The van der Waals surface area contributed by atoms with Crippen LogP contribution in [0.1, 0.15) is 29.3 Å². The Kier molecular flexibility index (Phi) is 5.48. The van der Waals surface area contributed by atoms with Crippen molar-refractivity contribution in [2.45, 2.75) is 19.9 Å². The summed E-state index contributed by atoms with van der Waals surface area (Å²) in [6.45, 7) is 3.36. The number of carbonyl (C=O) groups excluding carboxylic acids is 1. The van der Waals surface area contributed by atoms with E-state index in [0.717, 1.165) is 35.2 Å². The number of carbonyl (C=O) groups is 1. The van der Waals surface area contributed by atoms with Gasteiger partial charge < -0.3 is 20.9 Å². The van der Waals surface area contributed by atoms with E-state index >= 15 is 0 Å². The van der Waals surface area contributed by atoms with Crippen molar-refractivity contribution in [3.63, 3.8) is 0 Å². The van der Waals surface area contributed by atoms with Crippen LogP contribution in [0.5, 0.6) is 0 Å². The number of aromatic amines is 1. The monoisotopic (exact) mass is 350 g/mol. The summed E-state index contributed by atoms with van der Waals surface area (Å²) in [5.74, 6) is 0.137. The Morgan fingerprint density at radius 3 is 2.73 bits per heavy atom. The number of nitrogens with one attached hydrogen (secondary N) is 5. The van der Waals surface area contributed by atoms with Crippen LogP contribution in [0.3, 0.4) is 0 Å². The summed E-state index contributed by atoms with van der Waals surface area (Å²) in [5, 5.41) is 17.5. The molecule has 1 amide bonds. The Morgan fingerprint density at radius 2 is 1.96 bits per heavy atom. The highest BCUT2D eigenvalue weighted by atomic mass is 16.1. The lowest BCUT2D eigenvalue weighted by Crippen LogP contribution is -2.36. The topological polar surface area (TPSA) is 106 Å². The first-order valence-electron chi connectivity index (χ1n) is 8.56. The summed E-state index contributed by atoms with van der Waals surface area (Å²) in [6.07, 6.45) is 4.42. The molecule has 0 fully saturated rings. The number of amides is 1. The van der Waals surface area contributed by atoms with E-state index in [9.17, 15) is 4.79 Å². The molecule has 3 rings (SSSR count). The van der Waals surface area contributed by atoms with Crippen LogP contribution >= 0.6 is 0 Å². The molecule has 26 heavy (non-hydrogen) atoms. The zero-order valence-electron chi connectivity index (χ0n) is 14.6. The zero-order valence-corrected chi connectivity index (χ0v) is 14.6. The second-order valence-corrected chi connectivity index (χ2v) is 5.90. The second kappa shape index (κ2) is 8.15. The number of pyridine rings is 1. The van der Waals surface area contributed by atoms with E-state index in [-0.39, 0.29) is 5.91 Å². The zero-order chi connectivity index (χ0) is 18.4. The lowest BCUT2D eigenvalue weighted by molar-refractivity contribution is 0.102. The van der Waals surface area contributed by atoms with Crippen LogP contribution in [0.2, 0.25) is 0 Å². The fraction of sp³-hybridized carbons (Fsp3) is 0.211. The van der Waals surface area contributed by atoms with Gasteiger partial charge in [-0.25, -0.2) is 4.98 Å². The SMILES string of the molecule is CCCNC(=N)NCc1ccc(C(=O)Nc2ccnc3[nH]ccc23)cc1. The number of aromatic nitrogens is 2. The minimum atomic E-state index is -0.171. The van der Waals surface area contributed by atoms with Gasteiger partial charge >= 0.3 is 0 Å². The van der Waals surface area contributed by atoms with Gasteiger partial charge in [-0.1, -0.05) is 19.1 Å². The summed E-state index contributed by atoms with van der Waals surface area (Å²) in [5.41, 5.74) is 3.04. The van der Waals surface area contributed by atoms with Gasteiger partial charge in [0.25, 0.3) is 5.91 Å². The molecule has 7 nitrogen and oxygen atoms in total. The van der Waals surface area contributed by atoms with Gasteiger partial charge in [0.2, 0.25) is 0 Å². The third-order valence-electron chi connectivity index (χ3n) is 3.95. The smallest absolute Gasteiger partial charge is 0.255 e. The van der Waals surface area contributed by atoms with E-state index in [2.05, 4.69) is 32.8 Å². The third kappa shape index (κ3) is 4.18. The van der Waals surface area contributed by atoms with E-state index in [4.69, 9.17) is 5.41 Å². The quantitative estimate of drug-likeness (QED) is 0.348. The van der Waals surface area contributed by atoms with Crippen LogP contribution in [0.4, 0.5) is 5.69 Å². The largest absolute Gasteiger partial charge is 0.357 e. The Hall–Kier alpha value is -3.35. The maximum Gasteiger partial charge on any atom is 0.255 e. The molecule has 5 N–H and O–H groups in total. The number of rotatable bonds is 6. The van der Waals surface area contributed by atoms with Gasteiger partial charge in [-0.3, -0.25) is 10.2 Å². The van der Waals surface area contributed by atoms with Gasteiger partial charge in [-0.15, -0.1) is 0 Å². The van der Waals surface area contributed by atoms with Crippen LogP contribution in [-0.4, -0.2) is 28.4 Å². The average Bonchev–Trinajstić information content (AvgIpc) is 3.15. The van der Waals surface area contributed by atoms with Gasteiger partial charge in [-0.2, -0.15) is 0 Å². The van der Waals surface area contributed by atoms with Crippen molar-refractivity contribution in [2.24, 2.45) is 0 Å². The molecule has 0 spiro atoms. The number of H-pyrrole nitrogens is 1. The molecule has 0 atom stereocenters. The number of nitrogens with zero attached hydrogens (tertiary/aromatic N) is 1. The van der Waals surface area contributed by atoms with Crippen molar-refractivity contribution in [3.05, 3.63) is 59.9 Å². The number of hydrogen-bond donors (Lipinski definition) is 5. The molecule has 0 aliphatic heterocycles. The van der Waals surface area contributed by atoms with Gasteiger partial charge in [0.1, 0.15) is 5.65 Å². The maximum absolute atomic E-state index is 12.5. The van der Waals surface area contributed by atoms with Crippen LogP contribution in [0.15, 0.2) is 48.8 Å². The van der Waals surface area contributed by atoms with Gasteiger partial charge in [0, 0.05) is 36.4 Å². The van der Waals surface area contributed by atoms with Gasteiger partial charge in [-0.05, 0) is 36.2 Å². The molecular weight excluding hydrogens is 328 g/mol. The van der Waals surface area contributed by atoms with Crippen molar-refractivity contribution < 1.29 is 4.79 Å². The Balaban J connectivity index is 1.60. The van der Waals surface area contributed by atoms with Crippen LogP contribution in [0, 0.1) is 5.41 Å². The van der Waals surface area contributed by atoms with E-state index in [1.54, 1.807) is 30.6 Å². The fourth-order valence-corrected chi connectivity index (χ4v) is 2.54. The maximum atomic E-state index is 12.5. The highest BCUT2D eigenvalue weighted by Gasteiger charge is 2.09. The molecule has 7 heteroatoms. The van der Waals surface area contributed by atoms with E-state index in [0.29, 0.717) is 18.1 Å². The summed E-state index contributed by atoms with van der Waals surface area (Å²) < 4.78 is 0. The molecule has 2 aromatic heterocycles. The lowest BCUT2D eigenvalue weighted by Gasteiger charge is -2.10. The Morgan fingerprint density at radius 1 is 1.15 bits per heavy atom. The molecule has 0 bridgehead atoms. The number of hydrogen-bond acceptors (Lipinski definition) is 3. The van der Waals surface area contributed by atoms with Crippen molar-refractivity contribution in [1.29, 1.82) is 5.41 Å². The average molecular weight is 350 g/mol. The number of fused-ring (bicyclic) bond motifs is 1. The second-order valence-electron chi connectivity index (χ2n) is 5.90. The third-order valence-corrected chi connectivity index (χ3v) is 3.95. The van der Waals surface area contributed by atoms with Crippen LogP contribution < -0.4 is 16.0 Å². The molecule has 0 saturated carbocycles. The summed E-state index contributed by atoms with van der Waals surface area (Å²) >= 11 is 0. The molecule has 0 aliphatic rings. The van der Waals surface area contributed by atoms with Gasteiger partial charge in [0.15, 0.2) is 5.96 Å². The molecule has 3 aromatic rings. The minimum absolute atomic E-state index is 0.171. The highest BCUT2D eigenvalue weighted by molar-refractivity contribution is 6.08. The molecule has 0 radical (unpaired) electrons. The summed E-state index contributed by atoms with van der Waals surface area (Å²) in [4.78, 5) is 19.7. The molecule has 134 valence electrons. The van der Waals surface area contributed by atoms with Crippen molar-refractivity contribution in [3.8, 4) is 0 Å². The Labute approximate surface area is 151 Å². The molecule has 0 unspecified atom stereocenters.